The highest BCUT2D eigenvalue weighted by molar-refractivity contribution is 9.10. The van der Waals surface area contributed by atoms with E-state index in [0.717, 1.165) is 12.8 Å². The summed E-state index contributed by atoms with van der Waals surface area (Å²) in [4.78, 5) is 23.2. The number of anilines is 1. The van der Waals surface area contributed by atoms with E-state index in [2.05, 4.69) is 21.2 Å². The lowest BCUT2D eigenvalue weighted by Gasteiger charge is -2.31. The molecule has 20 heavy (non-hydrogen) atoms. The van der Waals surface area contributed by atoms with Crippen molar-refractivity contribution >= 4 is 33.5 Å². The SMILES string of the molecule is O=C([O-])C1CCCCC1C(=O)Nc1ccc(Br)cc1F. The number of hydrogen-bond acceptors (Lipinski definition) is 3. The van der Waals surface area contributed by atoms with Gasteiger partial charge < -0.3 is 15.2 Å². The third kappa shape index (κ3) is 3.36. The maximum Gasteiger partial charge on any atom is 0.228 e. The quantitative estimate of drug-likeness (QED) is 0.914. The van der Waals surface area contributed by atoms with Gasteiger partial charge in [-0.05, 0) is 31.0 Å². The molecule has 1 fully saturated rings. The van der Waals surface area contributed by atoms with E-state index < -0.39 is 29.5 Å². The number of carbonyl (C=O) groups excluding carboxylic acids is 2. The van der Waals surface area contributed by atoms with Crippen LogP contribution in [0.25, 0.3) is 0 Å². The van der Waals surface area contributed by atoms with Crippen molar-refractivity contribution in [2.45, 2.75) is 25.7 Å². The van der Waals surface area contributed by atoms with Crippen LogP contribution in [0.15, 0.2) is 22.7 Å². The number of amides is 1. The second-order valence-corrected chi connectivity index (χ2v) is 5.85. The van der Waals surface area contributed by atoms with Crippen molar-refractivity contribution in [3.8, 4) is 0 Å². The van der Waals surface area contributed by atoms with Gasteiger partial charge in [-0.2, -0.15) is 0 Å². The van der Waals surface area contributed by atoms with Gasteiger partial charge in [0.05, 0.1) is 5.69 Å². The average Bonchev–Trinajstić information content (AvgIpc) is 2.41. The molecule has 1 N–H and O–H groups in total. The zero-order chi connectivity index (χ0) is 14.7. The number of aliphatic carboxylic acids is 1. The summed E-state index contributed by atoms with van der Waals surface area (Å²) >= 11 is 3.13. The summed E-state index contributed by atoms with van der Waals surface area (Å²) in [6, 6.07) is 4.29. The molecule has 1 saturated carbocycles. The Bertz CT molecular complexity index is 535. The Labute approximate surface area is 124 Å². The fourth-order valence-electron chi connectivity index (χ4n) is 2.54. The summed E-state index contributed by atoms with van der Waals surface area (Å²) in [7, 11) is 0. The van der Waals surface area contributed by atoms with Crippen molar-refractivity contribution in [3.63, 3.8) is 0 Å². The normalized spacial score (nSPS) is 22.3. The minimum Gasteiger partial charge on any atom is -0.550 e. The van der Waals surface area contributed by atoms with E-state index in [1.54, 1.807) is 6.07 Å². The largest absolute Gasteiger partial charge is 0.550 e. The number of carboxylic acid groups (broad SMARTS) is 1. The van der Waals surface area contributed by atoms with E-state index in [1.165, 1.54) is 12.1 Å². The van der Waals surface area contributed by atoms with E-state index in [0.29, 0.717) is 17.3 Å². The second-order valence-electron chi connectivity index (χ2n) is 4.93. The molecule has 2 atom stereocenters. The summed E-state index contributed by atoms with van der Waals surface area (Å²) < 4.78 is 14.2. The van der Waals surface area contributed by atoms with Crippen LogP contribution in [0.5, 0.6) is 0 Å². The van der Waals surface area contributed by atoms with Crippen molar-refractivity contribution in [1.29, 1.82) is 0 Å². The van der Waals surface area contributed by atoms with Crippen molar-refractivity contribution in [3.05, 3.63) is 28.5 Å². The maximum atomic E-state index is 13.7. The van der Waals surface area contributed by atoms with E-state index >= 15 is 0 Å². The number of halogens is 2. The summed E-state index contributed by atoms with van der Waals surface area (Å²) in [5, 5.41) is 13.5. The van der Waals surface area contributed by atoms with Crippen LogP contribution in [0, 0.1) is 17.7 Å². The molecule has 0 spiro atoms. The zero-order valence-electron chi connectivity index (χ0n) is 10.7. The Morgan fingerprint density at radius 1 is 1.25 bits per heavy atom. The van der Waals surface area contributed by atoms with Crippen LogP contribution >= 0.6 is 15.9 Å². The molecule has 0 radical (unpaired) electrons. The lowest BCUT2D eigenvalue weighted by molar-refractivity contribution is -0.313. The first kappa shape index (κ1) is 15.0. The van der Waals surface area contributed by atoms with Crippen LogP contribution in [-0.2, 0) is 9.59 Å². The second kappa shape index (κ2) is 6.35. The van der Waals surface area contributed by atoms with Crippen molar-refractivity contribution in [2.75, 3.05) is 5.32 Å². The van der Waals surface area contributed by atoms with Crippen LogP contribution in [0.4, 0.5) is 10.1 Å². The number of rotatable bonds is 3. The van der Waals surface area contributed by atoms with Gasteiger partial charge in [0.25, 0.3) is 0 Å². The predicted octanol–water partition coefficient (Wildman–Crippen LogP) is 2.08. The van der Waals surface area contributed by atoms with Gasteiger partial charge in [0.1, 0.15) is 5.82 Å². The first-order chi connectivity index (χ1) is 9.49. The Hall–Kier alpha value is -1.43. The van der Waals surface area contributed by atoms with E-state index in [-0.39, 0.29) is 5.69 Å². The molecule has 0 aliphatic heterocycles. The highest BCUT2D eigenvalue weighted by atomic mass is 79.9. The molecule has 0 aromatic heterocycles. The minimum absolute atomic E-state index is 0.0564. The molecule has 2 unspecified atom stereocenters. The van der Waals surface area contributed by atoms with Crippen LogP contribution in [-0.4, -0.2) is 11.9 Å². The first-order valence-electron chi connectivity index (χ1n) is 6.46. The molecule has 108 valence electrons. The molecule has 1 aliphatic carbocycles. The fourth-order valence-corrected chi connectivity index (χ4v) is 2.88. The van der Waals surface area contributed by atoms with Gasteiger partial charge in [-0.15, -0.1) is 0 Å². The van der Waals surface area contributed by atoms with Gasteiger partial charge in [0.15, 0.2) is 0 Å². The Kier molecular flexibility index (Phi) is 4.75. The number of hydrogen-bond donors (Lipinski definition) is 1. The van der Waals surface area contributed by atoms with E-state index in [1.807, 2.05) is 0 Å². The standard InChI is InChI=1S/C14H15BrFNO3/c15-8-5-6-12(11(16)7-8)17-13(18)9-3-1-2-4-10(9)14(19)20/h5-7,9-10H,1-4H2,(H,17,18)(H,19,20)/p-1. The predicted molar refractivity (Wildman–Crippen MR) is 73.2 cm³/mol. The van der Waals surface area contributed by atoms with Gasteiger partial charge in [0, 0.05) is 22.3 Å². The first-order valence-corrected chi connectivity index (χ1v) is 7.25. The van der Waals surface area contributed by atoms with Crippen LogP contribution < -0.4 is 10.4 Å². The summed E-state index contributed by atoms with van der Waals surface area (Å²) in [5.74, 6) is -3.67. The van der Waals surface area contributed by atoms with Crippen molar-refractivity contribution < 1.29 is 19.1 Å². The van der Waals surface area contributed by atoms with E-state index in [9.17, 15) is 19.1 Å². The van der Waals surface area contributed by atoms with Gasteiger partial charge in [-0.3, -0.25) is 4.79 Å². The van der Waals surface area contributed by atoms with E-state index in [4.69, 9.17) is 0 Å². The van der Waals surface area contributed by atoms with Gasteiger partial charge >= 0.3 is 0 Å². The minimum atomic E-state index is -1.21. The van der Waals surface area contributed by atoms with Gasteiger partial charge in [-0.1, -0.05) is 28.8 Å². The third-order valence-electron chi connectivity index (χ3n) is 3.59. The molecule has 1 aromatic carbocycles. The van der Waals surface area contributed by atoms with Gasteiger partial charge in [0.2, 0.25) is 5.91 Å². The monoisotopic (exact) mass is 342 g/mol. The van der Waals surface area contributed by atoms with Crippen LogP contribution in [0.3, 0.4) is 0 Å². The Morgan fingerprint density at radius 3 is 2.50 bits per heavy atom. The van der Waals surface area contributed by atoms with Gasteiger partial charge in [-0.25, -0.2) is 4.39 Å². The fraction of sp³-hybridized carbons (Fsp3) is 0.429. The van der Waals surface area contributed by atoms with Crippen LogP contribution in [0.2, 0.25) is 0 Å². The molecule has 1 amide bonds. The molecule has 2 rings (SSSR count). The molecular formula is C14H14BrFNO3-. The highest BCUT2D eigenvalue weighted by Crippen LogP contribution is 2.31. The summed E-state index contributed by atoms with van der Waals surface area (Å²) in [6.45, 7) is 0. The molecular weight excluding hydrogens is 329 g/mol. The van der Waals surface area contributed by atoms with Crippen LogP contribution in [0.1, 0.15) is 25.7 Å². The molecule has 4 nitrogen and oxygen atoms in total. The molecule has 0 bridgehead atoms. The third-order valence-corrected chi connectivity index (χ3v) is 4.09. The number of benzene rings is 1. The Morgan fingerprint density at radius 2 is 1.90 bits per heavy atom. The molecule has 0 heterocycles. The molecule has 0 saturated heterocycles. The van der Waals surface area contributed by atoms with Crippen molar-refractivity contribution in [2.24, 2.45) is 11.8 Å². The summed E-state index contributed by atoms with van der Waals surface area (Å²) in [5.41, 5.74) is 0.0564. The maximum absolute atomic E-state index is 13.7. The smallest absolute Gasteiger partial charge is 0.228 e. The molecule has 1 aromatic rings. The number of nitrogens with one attached hydrogen (secondary N) is 1. The lowest BCUT2D eigenvalue weighted by atomic mass is 9.78. The number of carboxylic acids is 1. The molecule has 6 heteroatoms. The Balaban J connectivity index is 2.12. The number of carbonyl (C=O) groups is 2. The molecule has 1 aliphatic rings. The summed E-state index contributed by atoms with van der Waals surface area (Å²) in [6.07, 6.45) is 2.49. The zero-order valence-corrected chi connectivity index (χ0v) is 12.3. The average molecular weight is 343 g/mol. The van der Waals surface area contributed by atoms with Crippen molar-refractivity contribution in [1.82, 2.24) is 0 Å². The topological polar surface area (TPSA) is 69.2 Å². The highest BCUT2D eigenvalue weighted by Gasteiger charge is 2.32. The lowest BCUT2D eigenvalue weighted by Crippen LogP contribution is -2.42.